The molecular formula is C22H34N4O4S. The normalized spacial score (nSPS) is 15.5. The molecule has 1 atom stereocenters. The van der Waals surface area contributed by atoms with Crippen LogP contribution >= 0.6 is 11.8 Å². The Hall–Kier alpha value is -2.13. The van der Waals surface area contributed by atoms with Gasteiger partial charge < -0.3 is 15.1 Å². The quantitative estimate of drug-likeness (QED) is 0.411. The minimum atomic E-state index is -0.663. The SMILES string of the molecule is CSCCC(NC(=O)c1cccc([N+](=O)[O-])c1)C(=O)N(C)CCN(C)C1CCCCC1. The predicted octanol–water partition coefficient (Wildman–Crippen LogP) is 3.17. The van der Waals surface area contributed by atoms with Crippen LogP contribution in [-0.4, -0.2) is 77.8 Å². The van der Waals surface area contributed by atoms with E-state index in [2.05, 4.69) is 17.3 Å². The summed E-state index contributed by atoms with van der Waals surface area (Å²) >= 11 is 1.61. The van der Waals surface area contributed by atoms with Gasteiger partial charge in [-0.25, -0.2) is 0 Å². The summed E-state index contributed by atoms with van der Waals surface area (Å²) in [6.45, 7) is 1.38. The predicted molar refractivity (Wildman–Crippen MR) is 124 cm³/mol. The van der Waals surface area contributed by atoms with Crippen molar-refractivity contribution in [2.75, 3.05) is 39.2 Å². The van der Waals surface area contributed by atoms with Crippen LogP contribution in [0.25, 0.3) is 0 Å². The molecule has 0 spiro atoms. The molecule has 1 N–H and O–H groups in total. The van der Waals surface area contributed by atoms with Gasteiger partial charge in [0, 0.05) is 43.9 Å². The second kappa shape index (κ2) is 12.7. The van der Waals surface area contributed by atoms with Crippen molar-refractivity contribution in [2.45, 2.75) is 50.6 Å². The number of benzene rings is 1. The molecule has 0 heterocycles. The van der Waals surface area contributed by atoms with Gasteiger partial charge in [-0.05, 0) is 44.4 Å². The zero-order valence-electron chi connectivity index (χ0n) is 18.7. The summed E-state index contributed by atoms with van der Waals surface area (Å²) in [6, 6.07) is 5.47. The molecule has 0 bridgehead atoms. The maximum Gasteiger partial charge on any atom is 0.270 e. The molecule has 2 rings (SSSR count). The minimum absolute atomic E-state index is 0.134. The van der Waals surface area contributed by atoms with Crippen LogP contribution in [0, 0.1) is 10.1 Å². The zero-order valence-corrected chi connectivity index (χ0v) is 19.5. The van der Waals surface area contributed by atoms with E-state index in [1.807, 2.05) is 6.26 Å². The molecule has 0 aromatic heterocycles. The number of nitro groups is 1. The molecule has 1 aromatic rings. The Morgan fingerprint density at radius 2 is 1.94 bits per heavy atom. The van der Waals surface area contributed by atoms with Crippen molar-refractivity contribution in [1.29, 1.82) is 0 Å². The number of nitrogens with zero attached hydrogens (tertiary/aromatic N) is 3. The van der Waals surface area contributed by atoms with Crippen LogP contribution in [-0.2, 0) is 4.79 Å². The second-order valence-electron chi connectivity index (χ2n) is 8.15. The number of rotatable bonds is 11. The molecule has 2 amide bonds. The van der Waals surface area contributed by atoms with Crippen molar-refractivity contribution in [3.05, 3.63) is 39.9 Å². The average molecular weight is 451 g/mol. The highest BCUT2D eigenvalue weighted by molar-refractivity contribution is 7.98. The van der Waals surface area contributed by atoms with Crippen molar-refractivity contribution >= 4 is 29.3 Å². The third kappa shape index (κ3) is 7.81. The Morgan fingerprint density at radius 1 is 1.23 bits per heavy atom. The van der Waals surface area contributed by atoms with Crippen LogP contribution in [0.15, 0.2) is 24.3 Å². The fourth-order valence-electron chi connectivity index (χ4n) is 3.88. The molecule has 172 valence electrons. The maximum absolute atomic E-state index is 13.1. The van der Waals surface area contributed by atoms with Crippen LogP contribution in [0.5, 0.6) is 0 Å². The number of carbonyl (C=O) groups is 2. The largest absolute Gasteiger partial charge is 0.343 e. The first-order valence-electron chi connectivity index (χ1n) is 10.8. The third-order valence-corrected chi connectivity index (χ3v) is 6.54. The molecular weight excluding hydrogens is 416 g/mol. The van der Waals surface area contributed by atoms with Gasteiger partial charge in [-0.1, -0.05) is 25.3 Å². The molecule has 1 aromatic carbocycles. The van der Waals surface area contributed by atoms with E-state index in [9.17, 15) is 19.7 Å². The van der Waals surface area contributed by atoms with Crippen molar-refractivity contribution in [3.63, 3.8) is 0 Å². The van der Waals surface area contributed by atoms with E-state index in [1.165, 1.54) is 56.4 Å². The van der Waals surface area contributed by atoms with Gasteiger partial charge in [-0.3, -0.25) is 19.7 Å². The van der Waals surface area contributed by atoms with E-state index < -0.39 is 16.9 Å². The molecule has 1 unspecified atom stereocenters. The Labute approximate surface area is 188 Å². The summed E-state index contributed by atoms with van der Waals surface area (Å²) in [5, 5.41) is 13.8. The zero-order chi connectivity index (χ0) is 22.8. The monoisotopic (exact) mass is 450 g/mol. The number of nitrogens with one attached hydrogen (secondary N) is 1. The van der Waals surface area contributed by atoms with Gasteiger partial charge in [-0.2, -0.15) is 11.8 Å². The van der Waals surface area contributed by atoms with Gasteiger partial charge in [-0.15, -0.1) is 0 Å². The van der Waals surface area contributed by atoms with E-state index in [-0.39, 0.29) is 17.2 Å². The van der Waals surface area contributed by atoms with E-state index in [4.69, 9.17) is 0 Å². The lowest BCUT2D eigenvalue weighted by Crippen LogP contribution is -2.49. The first-order valence-corrected chi connectivity index (χ1v) is 12.2. The van der Waals surface area contributed by atoms with E-state index in [1.54, 1.807) is 23.7 Å². The number of non-ortho nitro benzene ring substituents is 1. The van der Waals surface area contributed by atoms with Crippen LogP contribution in [0.4, 0.5) is 5.69 Å². The number of thioether (sulfide) groups is 1. The molecule has 0 radical (unpaired) electrons. The molecule has 1 aliphatic carbocycles. The first kappa shape index (κ1) is 25.1. The van der Waals surface area contributed by atoms with E-state index in [0.29, 0.717) is 19.0 Å². The molecule has 1 saturated carbocycles. The molecule has 1 aliphatic rings. The van der Waals surface area contributed by atoms with Gasteiger partial charge >= 0.3 is 0 Å². The standard InChI is InChI=1S/C22H34N4O4S/c1-24(18-9-5-4-6-10-18)13-14-25(2)22(28)20(12-15-31-3)23-21(27)17-8-7-11-19(16-17)26(29)30/h7-8,11,16,18,20H,4-6,9-10,12-15H2,1-3H3,(H,23,27). The Balaban J connectivity index is 1.97. The third-order valence-electron chi connectivity index (χ3n) is 5.90. The number of likely N-dealkylation sites (N-methyl/N-ethyl adjacent to an activating group) is 2. The highest BCUT2D eigenvalue weighted by atomic mass is 32.2. The van der Waals surface area contributed by atoms with Gasteiger partial charge in [0.2, 0.25) is 5.91 Å². The Morgan fingerprint density at radius 3 is 2.58 bits per heavy atom. The summed E-state index contributed by atoms with van der Waals surface area (Å²) in [7, 11) is 3.88. The summed E-state index contributed by atoms with van der Waals surface area (Å²) in [4.78, 5) is 40.2. The van der Waals surface area contributed by atoms with Crippen molar-refractivity contribution in [3.8, 4) is 0 Å². The van der Waals surface area contributed by atoms with Gasteiger partial charge in [0.05, 0.1) is 4.92 Å². The van der Waals surface area contributed by atoms with Crippen LogP contribution in [0.2, 0.25) is 0 Å². The molecule has 31 heavy (non-hydrogen) atoms. The lowest BCUT2D eigenvalue weighted by atomic mass is 9.94. The summed E-state index contributed by atoms with van der Waals surface area (Å²) < 4.78 is 0. The van der Waals surface area contributed by atoms with Gasteiger partial charge in [0.25, 0.3) is 11.6 Å². The molecule has 8 nitrogen and oxygen atoms in total. The number of carbonyl (C=O) groups excluding carboxylic acids is 2. The number of hydrogen-bond acceptors (Lipinski definition) is 6. The maximum atomic E-state index is 13.1. The van der Waals surface area contributed by atoms with Crippen LogP contribution < -0.4 is 5.32 Å². The molecule has 9 heteroatoms. The number of nitro benzene ring substituents is 1. The number of hydrogen-bond donors (Lipinski definition) is 1. The van der Waals surface area contributed by atoms with E-state index in [0.717, 1.165) is 12.3 Å². The second-order valence-corrected chi connectivity index (χ2v) is 9.13. The van der Waals surface area contributed by atoms with Crippen LogP contribution in [0.3, 0.4) is 0 Å². The summed E-state index contributed by atoms with van der Waals surface area (Å²) in [6.07, 6.45) is 8.72. The fraction of sp³-hybridized carbons (Fsp3) is 0.636. The first-order chi connectivity index (χ1) is 14.8. The minimum Gasteiger partial charge on any atom is -0.343 e. The molecule has 0 saturated heterocycles. The summed E-state index contributed by atoms with van der Waals surface area (Å²) in [5.74, 6) is 0.113. The van der Waals surface area contributed by atoms with Crippen molar-refractivity contribution < 1.29 is 14.5 Å². The van der Waals surface area contributed by atoms with Crippen molar-refractivity contribution in [2.24, 2.45) is 0 Å². The molecule has 0 aliphatic heterocycles. The van der Waals surface area contributed by atoms with Crippen LogP contribution in [0.1, 0.15) is 48.9 Å². The Kier molecular flexibility index (Phi) is 10.3. The topological polar surface area (TPSA) is 95.8 Å². The fourth-order valence-corrected chi connectivity index (χ4v) is 4.36. The van der Waals surface area contributed by atoms with Gasteiger partial charge in [0.1, 0.15) is 6.04 Å². The lowest BCUT2D eigenvalue weighted by Gasteiger charge is -2.33. The van der Waals surface area contributed by atoms with Crippen molar-refractivity contribution in [1.82, 2.24) is 15.1 Å². The Bertz CT molecular complexity index is 755. The highest BCUT2D eigenvalue weighted by Crippen LogP contribution is 2.21. The smallest absolute Gasteiger partial charge is 0.270 e. The van der Waals surface area contributed by atoms with Gasteiger partial charge in [0.15, 0.2) is 0 Å². The number of amides is 2. The summed E-state index contributed by atoms with van der Waals surface area (Å²) in [5.41, 5.74) is 0.0262. The molecule has 1 fully saturated rings. The average Bonchev–Trinajstić information content (AvgIpc) is 2.79. The highest BCUT2D eigenvalue weighted by Gasteiger charge is 2.25. The lowest BCUT2D eigenvalue weighted by molar-refractivity contribution is -0.384. The van der Waals surface area contributed by atoms with E-state index >= 15 is 0 Å².